The predicted molar refractivity (Wildman–Crippen MR) is 132 cm³/mol. The zero-order chi connectivity index (χ0) is 24.3. The van der Waals surface area contributed by atoms with Crippen LogP contribution in [0.1, 0.15) is 50.9 Å². The molecule has 184 valence electrons. The first kappa shape index (κ1) is 24.7. The normalized spacial score (nSPS) is 21.9. The van der Waals surface area contributed by atoms with E-state index in [1.54, 1.807) is 24.3 Å². The minimum atomic E-state index is -3.09. The van der Waals surface area contributed by atoms with Gasteiger partial charge in [-0.25, -0.2) is 8.42 Å². The molecule has 3 unspecified atom stereocenters. The van der Waals surface area contributed by atoms with Crippen molar-refractivity contribution in [1.82, 2.24) is 5.32 Å². The number of sulfone groups is 1. The van der Waals surface area contributed by atoms with E-state index in [0.29, 0.717) is 34.2 Å². The van der Waals surface area contributed by atoms with Crippen LogP contribution in [0.25, 0.3) is 0 Å². The average Bonchev–Trinajstić information content (AvgIpc) is 3.34. The van der Waals surface area contributed by atoms with Gasteiger partial charge in [0.1, 0.15) is 29.7 Å². The van der Waals surface area contributed by atoms with E-state index in [0.717, 1.165) is 31.1 Å². The van der Waals surface area contributed by atoms with Gasteiger partial charge >= 0.3 is 0 Å². The standard InChI is InChI=1S/C24H30N2O6S2/c1-15-2-7-20-21(10-15)33-24(22(20)23(29)26-17-8-9-34(30,31)14-17)25-11-18(28)13-32-19-5-3-16(12-27)4-6-19/h3-6,12,15,17-18,25,28H,2,7-11,13-14H2,1H3,(H,26,29). The van der Waals surface area contributed by atoms with Crippen LogP contribution in [0.2, 0.25) is 0 Å². The van der Waals surface area contributed by atoms with Crippen LogP contribution in [0.3, 0.4) is 0 Å². The van der Waals surface area contributed by atoms with E-state index in [9.17, 15) is 23.1 Å². The molecule has 0 radical (unpaired) electrons. The minimum Gasteiger partial charge on any atom is -0.491 e. The lowest BCUT2D eigenvalue weighted by Gasteiger charge is -2.19. The number of aliphatic hydroxyl groups excluding tert-OH is 1. The van der Waals surface area contributed by atoms with E-state index >= 15 is 0 Å². The lowest BCUT2D eigenvalue weighted by molar-refractivity contribution is 0.0940. The number of hydrogen-bond donors (Lipinski definition) is 3. The van der Waals surface area contributed by atoms with E-state index in [4.69, 9.17) is 4.74 Å². The Balaban J connectivity index is 1.41. The average molecular weight is 507 g/mol. The highest BCUT2D eigenvalue weighted by Gasteiger charge is 2.32. The molecule has 1 aliphatic heterocycles. The zero-order valence-corrected chi connectivity index (χ0v) is 20.7. The van der Waals surface area contributed by atoms with Gasteiger partial charge in [0, 0.05) is 23.0 Å². The van der Waals surface area contributed by atoms with Crippen molar-refractivity contribution >= 4 is 38.4 Å². The molecular weight excluding hydrogens is 476 g/mol. The second kappa shape index (κ2) is 10.5. The molecule has 1 aliphatic carbocycles. The number of aldehydes is 1. The fourth-order valence-electron chi connectivity index (χ4n) is 4.39. The van der Waals surface area contributed by atoms with Crippen molar-refractivity contribution in [1.29, 1.82) is 0 Å². The summed E-state index contributed by atoms with van der Waals surface area (Å²) in [4.78, 5) is 25.1. The second-order valence-corrected chi connectivity index (χ2v) is 12.5. The fourth-order valence-corrected chi connectivity index (χ4v) is 7.47. The SMILES string of the molecule is CC1CCc2c(sc(NCC(O)COc3ccc(C=O)cc3)c2C(=O)NC2CCS(=O)(=O)C2)C1. The quantitative estimate of drug-likeness (QED) is 0.447. The van der Waals surface area contributed by atoms with Gasteiger partial charge in [-0.05, 0) is 61.4 Å². The Bertz CT molecular complexity index is 1140. The third-order valence-electron chi connectivity index (χ3n) is 6.26. The summed E-state index contributed by atoms with van der Waals surface area (Å²) in [6, 6.07) is 6.26. The zero-order valence-electron chi connectivity index (χ0n) is 19.1. The van der Waals surface area contributed by atoms with Gasteiger partial charge < -0.3 is 20.5 Å². The first-order chi connectivity index (χ1) is 16.2. The number of carbonyl (C=O) groups is 2. The summed E-state index contributed by atoms with van der Waals surface area (Å²) in [6.45, 7) is 2.44. The molecule has 0 spiro atoms. The van der Waals surface area contributed by atoms with Crippen molar-refractivity contribution in [3.8, 4) is 5.75 Å². The van der Waals surface area contributed by atoms with Crippen molar-refractivity contribution < 1.29 is 27.9 Å². The Morgan fingerprint density at radius 3 is 2.74 bits per heavy atom. The predicted octanol–water partition coefficient (Wildman–Crippen LogP) is 2.45. The first-order valence-electron chi connectivity index (χ1n) is 11.5. The molecule has 2 heterocycles. The molecule has 1 amide bonds. The smallest absolute Gasteiger partial charge is 0.254 e. The number of hydrogen-bond acceptors (Lipinski definition) is 8. The van der Waals surface area contributed by atoms with Crippen LogP contribution in [0, 0.1) is 5.92 Å². The lowest BCUT2D eigenvalue weighted by Crippen LogP contribution is -2.36. The molecule has 1 aromatic carbocycles. The minimum absolute atomic E-state index is 0.0191. The first-order valence-corrected chi connectivity index (χ1v) is 14.1. The van der Waals surface area contributed by atoms with Crippen LogP contribution in [0.5, 0.6) is 5.75 Å². The Morgan fingerprint density at radius 1 is 1.29 bits per heavy atom. The highest BCUT2D eigenvalue weighted by molar-refractivity contribution is 7.91. The van der Waals surface area contributed by atoms with Crippen molar-refractivity contribution in [3.63, 3.8) is 0 Å². The molecule has 1 saturated heterocycles. The van der Waals surface area contributed by atoms with Gasteiger partial charge in [0.15, 0.2) is 9.84 Å². The number of anilines is 1. The number of fused-ring (bicyclic) bond motifs is 1. The summed E-state index contributed by atoms with van der Waals surface area (Å²) in [5, 5.41) is 17.3. The summed E-state index contributed by atoms with van der Waals surface area (Å²) in [6.07, 6.45) is 3.08. The van der Waals surface area contributed by atoms with Crippen molar-refractivity contribution in [2.24, 2.45) is 5.92 Å². The molecule has 10 heteroatoms. The Hall–Kier alpha value is -2.43. The van der Waals surface area contributed by atoms with Crippen LogP contribution >= 0.6 is 11.3 Å². The van der Waals surface area contributed by atoms with Gasteiger partial charge in [-0.1, -0.05) is 6.92 Å². The van der Waals surface area contributed by atoms with Gasteiger partial charge in [0.25, 0.3) is 5.91 Å². The summed E-state index contributed by atoms with van der Waals surface area (Å²) >= 11 is 1.54. The van der Waals surface area contributed by atoms with E-state index < -0.39 is 15.9 Å². The molecule has 3 atom stereocenters. The number of rotatable bonds is 9. The molecule has 1 aromatic heterocycles. The summed E-state index contributed by atoms with van der Waals surface area (Å²) in [5.74, 6) is 0.926. The van der Waals surface area contributed by atoms with E-state index in [1.165, 1.54) is 16.2 Å². The van der Waals surface area contributed by atoms with E-state index in [2.05, 4.69) is 17.6 Å². The van der Waals surface area contributed by atoms with Crippen molar-refractivity contribution in [2.75, 3.05) is 30.0 Å². The molecule has 8 nitrogen and oxygen atoms in total. The number of amides is 1. The van der Waals surface area contributed by atoms with Gasteiger partial charge in [0.2, 0.25) is 0 Å². The molecule has 2 aliphatic rings. The summed E-state index contributed by atoms with van der Waals surface area (Å²) < 4.78 is 29.2. The number of carbonyl (C=O) groups excluding carboxylic acids is 2. The van der Waals surface area contributed by atoms with Gasteiger partial charge in [-0.3, -0.25) is 9.59 Å². The fraction of sp³-hybridized carbons (Fsp3) is 0.500. The molecule has 2 aromatic rings. The maximum atomic E-state index is 13.2. The monoisotopic (exact) mass is 506 g/mol. The topological polar surface area (TPSA) is 122 Å². The summed E-state index contributed by atoms with van der Waals surface area (Å²) in [7, 11) is -3.09. The maximum absolute atomic E-state index is 13.2. The van der Waals surface area contributed by atoms with Crippen molar-refractivity contribution in [2.45, 2.75) is 44.8 Å². The summed E-state index contributed by atoms with van der Waals surface area (Å²) in [5.41, 5.74) is 2.16. The Morgan fingerprint density at radius 2 is 2.06 bits per heavy atom. The molecule has 4 rings (SSSR count). The second-order valence-electron chi connectivity index (χ2n) is 9.16. The number of nitrogens with one attached hydrogen (secondary N) is 2. The van der Waals surface area contributed by atoms with Gasteiger partial charge in [0.05, 0.1) is 17.1 Å². The molecule has 0 saturated carbocycles. The molecular formula is C24H30N2O6S2. The number of aliphatic hydroxyl groups is 1. The van der Waals surface area contributed by atoms with Gasteiger partial charge in [-0.2, -0.15) is 0 Å². The van der Waals surface area contributed by atoms with Gasteiger partial charge in [-0.15, -0.1) is 11.3 Å². The molecule has 34 heavy (non-hydrogen) atoms. The van der Waals surface area contributed by atoms with Crippen LogP contribution in [0.4, 0.5) is 5.00 Å². The number of ether oxygens (including phenoxy) is 1. The highest BCUT2D eigenvalue weighted by atomic mass is 32.2. The van der Waals surface area contributed by atoms with Crippen LogP contribution < -0.4 is 15.4 Å². The van der Waals surface area contributed by atoms with Crippen LogP contribution in [-0.2, 0) is 22.7 Å². The molecule has 3 N–H and O–H groups in total. The number of benzene rings is 1. The highest BCUT2D eigenvalue weighted by Crippen LogP contribution is 2.39. The van der Waals surface area contributed by atoms with E-state index in [-0.39, 0.29) is 36.6 Å². The Labute approximate surface area is 203 Å². The lowest BCUT2D eigenvalue weighted by atomic mass is 9.88. The van der Waals surface area contributed by atoms with E-state index in [1.807, 2.05) is 0 Å². The third kappa shape index (κ3) is 5.97. The van der Waals surface area contributed by atoms with Crippen molar-refractivity contribution in [3.05, 3.63) is 45.8 Å². The number of thiophene rings is 1. The molecule has 1 fully saturated rings. The van der Waals surface area contributed by atoms with Crippen LogP contribution in [-0.4, -0.2) is 62.5 Å². The third-order valence-corrected chi connectivity index (χ3v) is 9.24. The molecule has 0 bridgehead atoms. The van der Waals surface area contributed by atoms with Crippen LogP contribution in [0.15, 0.2) is 24.3 Å². The maximum Gasteiger partial charge on any atom is 0.254 e. The largest absolute Gasteiger partial charge is 0.491 e. The Kier molecular flexibility index (Phi) is 7.59.